The molecule has 2 heterocycles. The monoisotopic (exact) mass is 416 g/mol. The highest BCUT2D eigenvalue weighted by Crippen LogP contribution is 2.31. The van der Waals surface area contributed by atoms with Crippen LogP contribution in [0.4, 0.5) is 0 Å². The van der Waals surface area contributed by atoms with Crippen LogP contribution in [-0.4, -0.2) is 37.1 Å². The van der Waals surface area contributed by atoms with Gasteiger partial charge in [-0.15, -0.1) is 11.3 Å². The van der Waals surface area contributed by atoms with Crippen LogP contribution in [0.2, 0.25) is 0 Å². The number of thiophene rings is 1. The molecule has 9 heteroatoms. The smallest absolute Gasteiger partial charge is 0.339 e. The first-order valence-corrected chi connectivity index (χ1v) is 10.2. The van der Waals surface area contributed by atoms with Crippen LogP contribution in [0.3, 0.4) is 0 Å². The first-order chi connectivity index (χ1) is 14.1. The van der Waals surface area contributed by atoms with E-state index in [0.29, 0.717) is 17.1 Å². The number of aryl methyl sites for hydroxylation is 1. The van der Waals surface area contributed by atoms with Gasteiger partial charge in [-0.2, -0.15) is 0 Å². The second-order valence-electron chi connectivity index (χ2n) is 6.74. The average Bonchev–Trinajstić information content (AvgIpc) is 3.19. The van der Waals surface area contributed by atoms with Crippen molar-refractivity contribution in [3.63, 3.8) is 0 Å². The van der Waals surface area contributed by atoms with Gasteiger partial charge in [0.1, 0.15) is 6.61 Å². The molecule has 0 fully saturated rings. The Bertz CT molecular complexity index is 941. The minimum absolute atomic E-state index is 0.0248. The van der Waals surface area contributed by atoms with Crippen LogP contribution in [0.5, 0.6) is 11.5 Å². The molecule has 1 aliphatic heterocycles. The Kier molecular flexibility index (Phi) is 5.66. The molecular formula is C20H20N2O6S. The van der Waals surface area contributed by atoms with E-state index in [2.05, 4.69) is 10.9 Å². The maximum atomic E-state index is 12.3. The van der Waals surface area contributed by atoms with Crippen molar-refractivity contribution in [2.75, 3.05) is 13.2 Å². The molecule has 4 rings (SSSR count). The molecule has 1 atom stereocenters. The molecule has 2 N–H and O–H groups in total. The molecule has 1 aromatic heterocycles. The van der Waals surface area contributed by atoms with E-state index in [1.54, 1.807) is 41.0 Å². The maximum absolute atomic E-state index is 12.3. The molecule has 8 nitrogen and oxygen atoms in total. The third-order valence-corrected chi connectivity index (χ3v) is 5.83. The number of benzene rings is 1. The summed E-state index contributed by atoms with van der Waals surface area (Å²) in [4.78, 5) is 37.6. The number of hydrogen-bond donors (Lipinski definition) is 2. The molecule has 29 heavy (non-hydrogen) atoms. The fraction of sp³-hybridized carbons (Fsp3) is 0.350. The summed E-state index contributed by atoms with van der Waals surface area (Å²) >= 11 is 1.56. The van der Waals surface area contributed by atoms with Gasteiger partial charge in [0, 0.05) is 10.3 Å². The van der Waals surface area contributed by atoms with Gasteiger partial charge < -0.3 is 14.2 Å². The van der Waals surface area contributed by atoms with Crippen molar-refractivity contribution >= 4 is 29.1 Å². The molecule has 0 saturated carbocycles. The molecule has 0 radical (unpaired) electrons. The van der Waals surface area contributed by atoms with Crippen molar-refractivity contribution in [1.29, 1.82) is 0 Å². The molecule has 2 aromatic rings. The molecule has 1 aromatic carbocycles. The van der Waals surface area contributed by atoms with Crippen molar-refractivity contribution in [3.8, 4) is 11.5 Å². The molecule has 1 aliphatic carbocycles. The van der Waals surface area contributed by atoms with Crippen molar-refractivity contribution < 1.29 is 28.6 Å². The number of para-hydroxylation sites is 2. The zero-order valence-electron chi connectivity index (χ0n) is 15.6. The Morgan fingerprint density at radius 1 is 1.10 bits per heavy atom. The molecule has 2 aliphatic rings. The van der Waals surface area contributed by atoms with Gasteiger partial charge in [-0.25, -0.2) is 4.79 Å². The summed E-state index contributed by atoms with van der Waals surface area (Å²) < 4.78 is 16.1. The van der Waals surface area contributed by atoms with Crippen molar-refractivity contribution in [2.24, 2.45) is 0 Å². The van der Waals surface area contributed by atoms with Gasteiger partial charge >= 0.3 is 5.97 Å². The van der Waals surface area contributed by atoms with Crippen LogP contribution in [0.25, 0.3) is 0 Å². The van der Waals surface area contributed by atoms with Gasteiger partial charge in [-0.3, -0.25) is 20.4 Å². The lowest BCUT2D eigenvalue weighted by molar-refractivity contribution is -0.135. The number of fused-ring (bicyclic) bond motifs is 2. The van der Waals surface area contributed by atoms with Crippen LogP contribution in [-0.2, 0) is 27.2 Å². The molecule has 152 valence electrons. The Hall–Kier alpha value is -3.07. The van der Waals surface area contributed by atoms with Crippen molar-refractivity contribution in [3.05, 3.63) is 45.6 Å². The van der Waals surface area contributed by atoms with E-state index >= 15 is 0 Å². The van der Waals surface area contributed by atoms with E-state index in [4.69, 9.17) is 14.2 Å². The molecule has 0 bridgehead atoms. The maximum Gasteiger partial charge on any atom is 0.339 e. The second kappa shape index (κ2) is 8.52. The van der Waals surface area contributed by atoms with Crippen LogP contribution < -0.4 is 20.3 Å². The molecule has 0 saturated heterocycles. The zero-order chi connectivity index (χ0) is 20.2. The fourth-order valence-electron chi connectivity index (χ4n) is 3.27. The summed E-state index contributed by atoms with van der Waals surface area (Å²) in [5.41, 5.74) is 6.05. The summed E-state index contributed by atoms with van der Waals surface area (Å²) in [5.74, 6) is -0.716. The number of rotatable bonds is 4. The summed E-state index contributed by atoms with van der Waals surface area (Å²) in [6, 6.07) is 7.00. The topological polar surface area (TPSA) is 103 Å². The highest BCUT2D eigenvalue weighted by atomic mass is 32.1. The minimum Gasteiger partial charge on any atom is -0.485 e. The Morgan fingerprint density at radius 2 is 1.90 bits per heavy atom. The van der Waals surface area contributed by atoms with Gasteiger partial charge in [-0.05, 0) is 43.4 Å². The van der Waals surface area contributed by atoms with Gasteiger partial charge in [0.05, 0.1) is 5.56 Å². The van der Waals surface area contributed by atoms with E-state index < -0.39 is 30.5 Å². The van der Waals surface area contributed by atoms with Crippen molar-refractivity contribution in [2.45, 2.75) is 31.8 Å². The van der Waals surface area contributed by atoms with Gasteiger partial charge in [-0.1, -0.05) is 12.1 Å². The first-order valence-electron chi connectivity index (χ1n) is 9.35. The van der Waals surface area contributed by atoms with Gasteiger partial charge in [0.2, 0.25) is 6.10 Å². The van der Waals surface area contributed by atoms with E-state index in [0.717, 1.165) is 31.2 Å². The third-order valence-electron chi connectivity index (χ3n) is 4.74. The number of hydrazine groups is 1. The normalized spacial score (nSPS) is 17.0. The largest absolute Gasteiger partial charge is 0.485 e. The van der Waals surface area contributed by atoms with E-state index in [-0.39, 0.29) is 6.61 Å². The second-order valence-corrected chi connectivity index (χ2v) is 7.70. The van der Waals surface area contributed by atoms with Crippen LogP contribution in [0.15, 0.2) is 29.6 Å². The number of carbonyl (C=O) groups excluding carboxylic acids is 3. The summed E-state index contributed by atoms with van der Waals surface area (Å²) in [6.45, 7) is -0.467. The van der Waals surface area contributed by atoms with E-state index in [1.807, 2.05) is 0 Å². The molecule has 0 spiro atoms. The number of esters is 1. The van der Waals surface area contributed by atoms with Crippen LogP contribution in [0, 0.1) is 0 Å². The molecule has 2 amide bonds. The van der Waals surface area contributed by atoms with E-state index in [1.165, 1.54) is 4.88 Å². The third kappa shape index (κ3) is 4.34. The molecular weight excluding hydrogens is 396 g/mol. The average molecular weight is 416 g/mol. The zero-order valence-corrected chi connectivity index (χ0v) is 16.4. The van der Waals surface area contributed by atoms with E-state index in [9.17, 15) is 14.4 Å². The summed E-state index contributed by atoms with van der Waals surface area (Å²) in [5, 5.41) is 1.79. The molecule has 1 unspecified atom stereocenters. The highest BCUT2D eigenvalue weighted by Gasteiger charge is 2.27. The lowest BCUT2D eigenvalue weighted by atomic mass is 9.96. The number of carbonyl (C=O) groups is 3. The van der Waals surface area contributed by atoms with Crippen LogP contribution >= 0.6 is 11.3 Å². The van der Waals surface area contributed by atoms with Crippen LogP contribution in [0.1, 0.15) is 33.6 Å². The number of ether oxygens (including phenoxy) is 3. The number of hydrogen-bond acceptors (Lipinski definition) is 7. The first kappa shape index (κ1) is 19.3. The number of amides is 2. The highest BCUT2D eigenvalue weighted by molar-refractivity contribution is 7.10. The Balaban J connectivity index is 1.23. The van der Waals surface area contributed by atoms with Gasteiger partial charge in [0.25, 0.3) is 11.8 Å². The van der Waals surface area contributed by atoms with Gasteiger partial charge in [0.15, 0.2) is 18.1 Å². The lowest BCUT2D eigenvalue weighted by Crippen LogP contribution is -2.51. The summed E-state index contributed by atoms with van der Waals surface area (Å²) in [7, 11) is 0. The Labute approximate surface area is 171 Å². The van der Waals surface area contributed by atoms with Crippen molar-refractivity contribution in [1.82, 2.24) is 10.9 Å². The lowest BCUT2D eigenvalue weighted by Gasteiger charge is -2.25. The SMILES string of the molecule is O=C(COC(=O)c1csc2c1CCCC2)NNC(=O)C1COc2ccccc2O1. The fourth-order valence-corrected chi connectivity index (χ4v) is 4.39. The predicted octanol–water partition coefficient (Wildman–Crippen LogP) is 1.77. The predicted molar refractivity (Wildman–Crippen MR) is 104 cm³/mol. The quantitative estimate of drug-likeness (QED) is 0.582. The Morgan fingerprint density at radius 3 is 2.76 bits per heavy atom. The minimum atomic E-state index is -0.898. The number of nitrogens with one attached hydrogen (secondary N) is 2. The standard InChI is InChI=1S/C20H20N2O6S/c23-18(10-27-20(25)13-11-29-17-8-4-1-5-12(13)17)21-22-19(24)16-9-26-14-6-2-3-7-15(14)28-16/h2-3,6-7,11,16H,1,4-5,8-10H2,(H,21,23)(H,22,24). The summed E-state index contributed by atoms with van der Waals surface area (Å²) in [6.07, 6.45) is 3.12.